The first-order valence-electron chi connectivity index (χ1n) is 10.3. The van der Waals surface area contributed by atoms with Gasteiger partial charge < -0.3 is 15.0 Å². The summed E-state index contributed by atoms with van der Waals surface area (Å²) in [4.78, 5) is 13.3. The molecule has 0 aliphatic heterocycles. The Labute approximate surface area is 180 Å². The standard InChI is InChI=1S/C22H27ClFN5O/c1-12(2)29-13(3)26-20-16(24)8-14(9-17(20)29)19-15(23)10-25-21(28-19)27-18-6-5-7-22(18,4)11-30/h8-10,12,18,30H,5-7,11H2,1-4H3,(H,25,27,28)/t18-,22+/m0/s1. The number of aliphatic hydroxyl groups is 1. The van der Waals surface area contributed by atoms with Gasteiger partial charge in [0.1, 0.15) is 11.3 Å². The summed E-state index contributed by atoms with van der Waals surface area (Å²) in [7, 11) is 0. The molecule has 0 bridgehead atoms. The van der Waals surface area contributed by atoms with Crippen molar-refractivity contribution < 1.29 is 9.50 Å². The molecule has 1 saturated carbocycles. The first-order chi connectivity index (χ1) is 14.2. The van der Waals surface area contributed by atoms with E-state index in [1.807, 2.05) is 31.4 Å². The van der Waals surface area contributed by atoms with Crippen LogP contribution in [0.1, 0.15) is 51.9 Å². The summed E-state index contributed by atoms with van der Waals surface area (Å²) in [6, 6.07) is 3.51. The van der Waals surface area contributed by atoms with Crippen LogP contribution in [0.15, 0.2) is 18.3 Å². The molecule has 6 nitrogen and oxygen atoms in total. The molecule has 8 heteroatoms. The molecule has 2 aromatic heterocycles. The van der Waals surface area contributed by atoms with Crippen molar-refractivity contribution in [3.63, 3.8) is 0 Å². The lowest BCUT2D eigenvalue weighted by molar-refractivity contribution is 0.138. The topological polar surface area (TPSA) is 75.9 Å². The minimum Gasteiger partial charge on any atom is -0.396 e. The lowest BCUT2D eigenvalue weighted by atomic mass is 9.86. The number of halogens is 2. The van der Waals surface area contributed by atoms with Gasteiger partial charge in [0.15, 0.2) is 5.82 Å². The molecule has 0 spiro atoms. The Balaban J connectivity index is 1.76. The fourth-order valence-corrected chi connectivity index (χ4v) is 4.72. The zero-order valence-corrected chi connectivity index (χ0v) is 18.5. The van der Waals surface area contributed by atoms with Crippen LogP contribution in [0.5, 0.6) is 0 Å². The summed E-state index contributed by atoms with van der Waals surface area (Å²) >= 11 is 6.40. The van der Waals surface area contributed by atoms with Gasteiger partial charge in [-0.1, -0.05) is 24.9 Å². The highest BCUT2D eigenvalue weighted by atomic mass is 35.5. The van der Waals surface area contributed by atoms with Crippen molar-refractivity contribution in [2.24, 2.45) is 5.41 Å². The highest BCUT2D eigenvalue weighted by molar-refractivity contribution is 6.33. The van der Waals surface area contributed by atoms with E-state index in [9.17, 15) is 9.50 Å². The van der Waals surface area contributed by atoms with Crippen LogP contribution in [0.4, 0.5) is 10.3 Å². The third kappa shape index (κ3) is 3.54. The minimum absolute atomic E-state index is 0.0702. The maximum atomic E-state index is 14.9. The minimum atomic E-state index is -0.405. The first kappa shape index (κ1) is 21.0. The van der Waals surface area contributed by atoms with Gasteiger partial charge in [-0.25, -0.2) is 19.3 Å². The van der Waals surface area contributed by atoms with Crippen molar-refractivity contribution in [1.29, 1.82) is 0 Å². The van der Waals surface area contributed by atoms with Crippen LogP contribution in [0.2, 0.25) is 5.02 Å². The van der Waals surface area contributed by atoms with E-state index >= 15 is 0 Å². The van der Waals surface area contributed by atoms with Crippen LogP contribution in [0.3, 0.4) is 0 Å². The average Bonchev–Trinajstić information content (AvgIpc) is 3.23. The van der Waals surface area contributed by atoms with E-state index in [1.54, 1.807) is 0 Å². The van der Waals surface area contributed by atoms with Crippen LogP contribution in [-0.2, 0) is 0 Å². The molecule has 1 aliphatic carbocycles. The van der Waals surface area contributed by atoms with Gasteiger partial charge in [-0.05, 0) is 45.7 Å². The Kier molecular flexibility index (Phi) is 5.45. The fourth-order valence-electron chi connectivity index (χ4n) is 4.52. The van der Waals surface area contributed by atoms with Crippen LogP contribution in [0, 0.1) is 18.2 Å². The molecule has 30 heavy (non-hydrogen) atoms. The lowest BCUT2D eigenvalue weighted by Gasteiger charge is -2.30. The Morgan fingerprint density at radius 2 is 2.13 bits per heavy atom. The van der Waals surface area contributed by atoms with Gasteiger partial charge in [0.05, 0.1) is 29.0 Å². The molecule has 0 radical (unpaired) electrons. The van der Waals surface area contributed by atoms with E-state index in [1.165, 1.54) is 12.3 Å². The number of benzene rings is 1. The van der Waals surface area contributed by atoms with Gasteiger partial charge in [-0.3, -0.25) is 0 Å². The van der Waals surface area contributed by atoms with Crippen molar-refractivity contribution in [2.75, 3.05) is 11.9 Å². The van der Waals surface area contributed by atoms with E-state index in [0.717, 1.165) is 25.1 Å². The maximum absolute atomic E-state index is 14.9. The highest BCUT2D eigenvalue weighted by Crippen LogP contribution is 2.39. The molecule has 1 fully saturated rings. The molecule has 0 amide bonds. The van der Waals surface area contributed by atoms with E-state index < -0.39 is 5.82 Å². The van der Waals surface area contributed by atoms with Crippen molar-refractivity contribution in [3.05, 3.63) is 35.0 Å². The summed E-state index contributed by atoms with van der Waals surface area (Å²) < 4.78 is 16.9. The van der Waals surface area contributed by atoms with Crippen LogP contribution < -0.4 is 5.32 Å². The number of fused-ring (bicyclic) bond motifs is 1. The van der Waals surface area contributed by atoms with Crippen LogP contribution >= 0.6 is 11.6 Å². The van der Waals surface area contributed by atoms with Gasteiger partial charge in [-0.2, -0.15) is 0 Å². The normalized spacial score (nSPS) is 21.7. The number of nitrogens with one attached hydrogen (secondary N) is 1. The second kappa shape index (κ2) is 7.78. The molecule has 4 rings (SSSR count). The zero-order valence-electron chi connectivity index (χ0n) is 17.7. The second-order valence-electron chi connectivity index (χ2n) is 8.74. The van der Waals surface area contributed by atoms with Crippen molar-refractivity contribution in [1.82, 2.24) is 19.5 Å². The monoisotopic (exact) mass is 431 g/mol. The van der Waals surface area contributed by atoms with E-state index in [2.05, 4.69) is 27.2 Å². The van der Waals surface area contributed by atoms with Crippen molar-refractivity contribution in [2.45, 2.75) is 59.0 Å². The van der Waals surface area contributed by atoms with Gasteiger partial charge in [0, 0.05) is 23.1 Å². The van der Waals surface area contributed by atoms with Crippen LogP contribution in [0.25, 0.3) is 22.3 Å². The highest BCUT2D eigenvalue weighted by Gasteiger charge is 2.38. The zero-order chi connectivity index (χ0) is 21.6. The summed E-state index contributed by atoms with van der Waals surface area (Å²) in [6.45, 7) is 8.12. The summed E-state index contributed by atoms with van der Waals surface area (Å²) in [5.74, 6) is 0.782. The number of aromatic nitrogens is 4. The Morgan fingerprint density at radius 1 is 1.37 bits per heavy atom. The molecule has 2 atom stereocenters. The molecule has 3 aromatic rings. The second-order valence-corrected chi connectivity index (χ2v) is 9.15. The lowest BCUT2D eigenvalue weighted by Crippen LogP contribution is -2.37. The molecule has 0 saturated heterocycles. The number of nitrogens with zero attached hydrogens (tertiary/aromatic N) is 4. The Morgan fingerprint density at radius 3 is 2.83 bits per heavy atom. The Hall–Kier alpha value is -2.25. The largest absolute Gasteiger partial charge is 0.396 e. The predicted molar refractivity (Wildman–Crippen MR) is 117 cm³/mol. The number of imidazole rings is 1. The van der Waals surface area contributed by atoms with E-state index in [0.29, 0.717) is 33.3 Å². The number of anilines is 1. The Bertz CT molecular complexity index is 1100. The van der Waals surface area contributed by atoms with Gasteiger partial charge >= 0.3 is 0 Å². The maximum Gasteiger partial charge on any atom is 0.223 e. The summed E-state index contributed by atoms with van der Waals surface area (Å²) in [5, 5.41) is 13.5. The summed E-state index contributed by atoms with van der Waals surface area (Å²) in [6.07, 6.45) is 4.45. The molecule has 2 heterocycles. The smallest absolute Gasteiger partial charge is 0.223 e. The molecule has 1 aromatic carbocycles. The first-order valence-corrected chi connectivity index (χ1v) is 10.7. The van der Waals surface area contributed by atoms with Crippen molar-refractivity contribution >= 4 is 28.6 Å². The van der Waals surface area contributed by atoms with E-state index in [-0.39, 0.29) is 24.1 Å². The number of rotatable bonds is 5. The van der Waals surface area contributed by atoms with Gasteiger partial charge in [-0.15, -0.1) is 0 Å². The third-order valence-electron chi connectivity index (χ3n) is 6.21. The number of hydrogen-bond donors (Lipinski definition) is 2. The molecule has 1 aliphatic rings. The number of hydrogen-bond acceptors (Lipinski definition) is 5. The molecule has 0 unspecified atom stereocenters. The van der Waals surface area contributed by atoms with Gasteiger partial charge in [0.25, 0.3) is 0 Å². The molecule has 2 N–H and O–H groups in total. The molecular formula is C22H27ClFN5O. The average molecular weight is 432 g/mol. The number of aliphatic hydroxyl groups excluding tert-OH is 1. The van der Waals surface area contributed by atoms with Crippen molar-refractivity contribution in [3.8, 4) is 11.3 Å². The number of aryl methyl sites for hydroxylation is 1. The summed E-state index contributed by atoms with van der Waals surface area (Å²) in [5.41, 5.74) is 1.89. The quantitative estimate of drug-likeness (QED) is 0.585. The third-order valence-corrected chi connectivity index (χ3v) is 6.48. The molecule has 160 valence electrons. The fraction of sp³-hybridized carbons (Fsp3) is 0.500. The van der Waals surface area contributed by atoms with Gasteiger partial charge in [0.2, 0.25) is 5.95 Å². The predicted octanol–water partition coefficient (Wildman–Crippen LogP) is 5.14. The van der Waals surface area contributed by atoms with Crippen LogP contribution in [-0.4, -0.2) is 37.3 Å². The SMILES string of the molecule is Cc1nc2c(F)cc(-c3nc(N[C@H]4CCC[C@]4(C)CO)ncc3Cl)cc2n1C(C)C. The van der Waals surface area contributed by atoms with E-state index in [4.69, 9.17) is 11.6 Å². The molecular weight excluding hydrogens is 405 g/mol.